The summed E-state index contributed by atoms with van der Waals surface area (Å²) in [4.78, 5) is 27.5. The molecule has 5 nitrogen and oxygen atoms in total. The van der Waals surface area contributed by atoms with E-state index in [9.17, 15) is 9.59 Å². The Balaban J connectivity index is 3.09. The lowest BCUT2D eigenvalue weighted by Gasteiger charge is -2.09. The lowest BCUT2D eigenvalue weighted by atomic mass is 10.2. The number of aromatic nitrogens is 2. The highest BCUT2D eigenvalue weighted by Gasteiger charge is 2.26. The first-order chi connectivity index (χ1) is 6.80. The van der Waals surface area contributed by atoms with Gasteiger partial charge in [0.25, 0.3) is 5.56 Å². The number of carboxylic acid groups (broad SMARTS) is 1. The average molecular weight is 271 g/mol. The molecule has 0 saturated carbocycles. The number of carboxylic acids is 1. The van der Waals surface area contributed by atoms with Crippen LogP contribution >= 0.6 is 34.8 Å². The normalized spacial score (nSPS) is 11.4. The van der Waals surface area contributed by atoms with Gasteiger partial charge in [-0.25, -0.2) is 4.98 Å². The molecule has 82 valence electrons. The largest absolute Gasteiger partial charge is 0.481 e. The minimum Gasteiger partial charge on any atom is -0.481 e. The highest BCUT2D eigenvalue weighted by molar-refractivity contribution is 6.66. The Kier molecular flexibility index (Phi) is 3.59. The maximum atomic E-state index is 11.3. The lowest BCUT2D eigenvalue weighted by molar-refractivity contribution is -0.136. The van der Waals surface area contributed by atoms with Crippen LogP contribution in [0.1, 0.15) is 11.4 Å². The molecule has 0 radical (unpaired) electrons. The molecule has 0 aromatic carbocycles. The fourth-order valence-electron chi connectivity index (χ4n) is 0.854. The molecule has 15 heavy (non-hydrogen) atoms. The van der Waals surface area contributed by atoms with Crippen LogP contribution in [-0.2, 0) is 15.0 Å². The number of H-pyrrole nitrogens is 1. The van der Waals surface area contributed by atoms with Crippen LogP contribution in [0.15, 0.2) is 11.0 Å². The van der Waals surface area contributed by atoms with Gasteiger partial charge in [0.1, 0.15) is 0 Å². The summed E-state index contributed by atoms with van der Waals surface area (Å²) in [5.41, 5.74) is -0.630. The molecule has 2 N–H and O–H groups in total. The molecule has 8 heteroatoms. The minimum absolute atomic E-state index is 0.000463. The predicted octanol–water partition coefficient (Wildman–Crippen LogP) is 1.22. The summed E-state index contributed by atoms with van der Waals surface area (Å²) in [5, 5.41) is 8.46. The van der Waals surface area contributed by atoms with E-state index in [1.54, 1.807) is 0 Å². The fourth-order valence-corrected chi connectivity index (χ4v) is 1.14. The van der Waals surface area contributed by atoms with Crippen molar-refractivity contribution in [3.05, 3.63) is 27.9 Å². The van der Waals surface area contributed by atoms with Gasteiger partial charge in [0, 0.05) is 11.8 Å². The van der Waals surface area contributed by atoms with Gasteiger partial charge in [-0.2, -0.15) is 0 Å². The van der Waals surface area contributed by atoms with Crippen LogP contribution in [0, 0.1) is 0 Å². The number of hydrogen-bond acceptors (Lipinski definition) is 3. The predicted molar refractivity (Wildman–Crippen MR) is 55.4 cm³/mol. The summed E-state index contributed by atoms with van der Waals surface area (Å²) < 4.78 is -1.83. The summed E-state index contributed by atoms with van der Waals surface area (Å²) in [6.07, 6.45) is 0.645. The average Bonchev–Trinajstić information content (AvgIpc) is 2.05. The highest BCUT2D eigenvalue weighted by Crippen LogP contribution is 2.34. The van der Waals surface area contributed by atoms with Crippen molar-refractivity contribution in [1.29, 1.82) is 0 Å². The standard InChI is InChI=1S/C7H5Cl3N2O3/c8-7(9,10)6-11-2-3(1-4(13)14)5(15)12-6/h2H,1H2,(H,13,14)(H,11,12,15). The van der Waals surface area contributed by atoms with Gasteiger partial charge in [-0.1, -0.05) is 34.8 Å². The van der Waals surface area contributed by atoms with Crippen molar-refractivity contribution in [1.82, 2.24) is 9.97 Å². The molecule has 0 aliphatic carbocycles. The molecular formula is C7H5Cl3N2O3. The number of alkyl halides is 3. The van der Waals surface area contributed by atoms with E-state index in [2.05, 4.69) is 9.97 Å². The quantitative estimate of drug-likeness (QED) is 0.792. The van der Waals surface area contributed by atoms with E-state index in [1.165, 1.54) is 0 Å². The number of nitrogens with one attached hydrogen (secondary N) is 1. The molecule has 0 saturated heterocycles. The second kappa shape index (κ2) is 4.38. The SMILES string of the molecule is O=C(O)Cc1cnc(C(Cl)(Cl)Cl)[nH]c1=O. The molecule has 0 spiro atoms. The number of nitrogens with zero attached hydrogens (tertiary/aromatic N) is 1. The Labute approximate surface area is 99.0 Å². The molecule has 0 amide bonds. The van der Waals surface area contributed by atoms with Gasteiger partial charge >= 0.3 is 5.97 Å². The second-order valence-electron chi connectivity index (χ2n) is 2.65. The van der Waals surface area contributed by atoms with Crippen molar-refractivity contribution in [3.63, 3.8) is 0 Å². The van der Waals surface area contributed by atoms with E-state index >= 15 is 0 Å². The Bertz CT molecular complexity index is 438. The Morgan fingerprint density at radius 1 is 1.53 bits per heavy atom. The molecule has 1 aromatic heterocycles. The second-order valence-corrected chi connectivity index (χ2v) is 4.94. The maximum Gasteiger partial charge on any atom is 0.308 e. The summed E-state index contributed by atoms with van der Waals surface area (Å²) in [6, 6.07) is 0. The van der Waals surface area contributed by atoms with Gasteiger partial charge in [-0.3, -0.25) is 9.59 Å². The van der Waals surface area contributed by atoms with Crippen molar-refractivity contribution in [2.45, 2.75) is 10.2 Å². The zero-order valence-corrected chi connectivity index (χ0v) is 9.40. The molecule has 0 bridgehead atoms. The van der Waals surface area contributed by atoms with Crippen molar-refractivity contribution in [2.75, 3.05) is 0 Å². The summed E-state index contributed by atoms with van der Waals surface area (Å²) in [5.74, 6) is -1.28. The third-order valence-corrected chi connectivity index (χ3v) is 2.02. The Hall–Kier alpha value is -0.780. The van der Waals surface area contributed by atoms with Crippen LogP contribution < -0.4 is 5.56 Å². The van der Waals surface area contributed by atoms with Gasteiger partial charge in [0.15, 0.2) is 5.82 Å². The monoisotopic (exact) mass is 270 g/mol. The molecule has 0 aliphatic rings. The molecule has 0 atom stereocenters. The van der Waals surface area contributed by atoms with Crippen LogP contribution in [0.2, 0.25) is 0 Å². The third-order valence-electron chi connectivity index (χ3n) is 1.48. The van der Waals surface area contributed by atoms with Crippen molar-refractivity contribution in [3.8, 4) is 0 Å². The topological polar surface area (TPSA) is 83.0 Å². The molecule has 0 aliphatic heterocycles. The Morgan fingerprint density at radius 3 is 2.53 bits per heavy atom. The van der Waals surface area contributed by atoms with E-state index in [0.29, 0.717) is 0 Å². The van der Waals surface area contributed by atoms with E-state index in [1.807, 2.05) is 0 Å². The van der Waals surface area contributed by atoms with Crippen LogP contribution in [0.25, 0.3) is 0 Å². The van der Waals surface area contributed by atoms with E-state index in [-0.39, 0.29) is 11.4 Å². The number of halogens is 3. The molecular weight excluding hydrogens is 266 g/mol. The third kappa shape index (κ3) is 3.37. The first-order valence-electron chi connectivity index (χ1n) is 3.68. The van der Waals surface area contributed by atoms with Crippen LogP contribution in [-0.4, -0.2) is 21.0 Å². The van der Waals surface area contributed by atoms with Crippen molar-refractivity contribution < 1.29 is 9.90 Å². The van der Waals surface area contributed by atoms with E-state index in [0.717, 1.165) is 6.20 Å². The van der Waals surface area contributed by atoms with Gasteiger partial charge in [0.2, 0.25) is 3.79 Å². The van der Waals surface area contributed by atoms with E-state index < -0.39 is 21.7 Å². The van der Waals surface area contributed by atoms with Gasteiger partial charge in [0.05, 0.1) is 6.42 Å². The zero-order valence-electron chi connectivity index (χ0n) is 7.13. The molecule has 1 rings (SSSR count). The maximum absolute atomic E-state index is 11.3. The molecule has 1 aromatic rings. The first kappa shape index (κ1) is 12.3. The fraction of sp³-hybridized carbons (Fsp3) is 0.286. The number of aromatic amines is 1. The summed E-state index contributed by atoms with van der Waals surface area (Å²) in [7, 11) is 0. The number of carbonyl (C=O) groups is 1. The number of rotatable bonds is 2. The zero-order chi connectivity index (χ0) is 11.6. The van der Waals surface area contributed by atoms with Crippen LogP contribution in [0.5, 0.6) is 0 Å². The van der Waals surface area contributed by atoms with Crippen molar-refractivity contribution >= 4 is 40.8 Å². The Morgan fingerprint density at radius 2 is 2.13 bits per heavy atom. The van der Waals surface area contributed by atoms with Crippen LogP contribution in [0.3, 0.4) is 0 Å². The number of hydrogen-bond donors (Lipinski definition) is 2. The minimum atomic E-state index is -1.83. The van der Waals surface area contributed by atoms with Crippen LogP contribution in [0.4, 0.5) is 0 Å². The first-order valence-corrected chi connectivity index (χ1v) is 4.81. The smallest absolute Gasteiger partial charge is 0.308 e. The van der Waals surface area contributed by atoms with Crippen molar-refractivity contribution in [2.24, 2.45) is 0 Å². The van der Waals surface area contributed by atoms with Gasteiger partial charge < -0.3 is 10.1 Å². The molecule has 1 heterocycles. The molecule has 0 fully saturated rings. The number of aliphatic carboxylic acids is 1. The summed E-state index contributed by atoms with van der Waals surface area (Å²) in [6.45, 7) is 0. The molecule has 0 unspecified atom stereocenters. The summed E-state index contributed by atoms with van der Waals surface area (Å²) >= 11 is 16.4. The highest BCUT2D eigenvalue weighted by atomic mass is 35.6. The lowest BCUT2D eigenvalue weighted by Crippen LogP contribution is -2.21. The van der Waals surface area contributed by atoms with Gasteiger partial charge in [-0.05, 0) is 0 Å². The van der Waals surface area contributed by atoms with E-state index in [4.69, 9.17) is 39.9 Å². The van der Waals surface area contributed by atoms with Gasteiger partial charge in [-0.15, -0.1) is 0 Å².